The number of halogens is 1. The van der Waals surface area contributed by atoms with Crippen LogP contribution in [0.3, 0.4) is 0 Å². The maximum Gasteiger partial charge on any atom is 0.193 e. The molecule has 3 rings (SSSR count). The van der Waals surface area contributed by atoms with Crippen molar-refractivity contribution < 1.29 is 9.47 Å². The fourth-order valence-corrected chi connectivity index (χ4v) is 3.55. The van der Waals surface area contributed by atoms with E-state index in [1.165, 1.54) is 4.88 Å². The van der Waals surface area contributed by atoms with Crippen molar-refractivity contribution in [2.45, 2.75) is 26.3 Å². The summed E-state index contributed by atoms with van der Waals surface area (Å²) in [5.74, 6) is 2.58. The molecule has 1 N–H and O–H groups in total. The van der Waals surface area contributed by atoms with Crippen LogP contribution >= 0.6 is 35.3 Å². The first-order valence-electron chi connectivity index (χ1n) is 9.17. The number of hydrogen-bond donors (Lipinski definition) is 1. The van der Waals surface area contributed by atoms with E-state index in [4.69, 9.17) is 14.5 Å². The van der Waals surface area contributed by atoms with E-state index in [-0.39, 0.29) is 24.0 Å². The average molecular weight is 501 g/mol. The number of para-hydroxylation sites is 1. The van der Waals surface area contributed by atoms with Gasteiger partial charge in [-0.15, -0.1) is 35.3 Å². The van der Waals surface area contributed by atoms with Gasteiger partial charge in [-0.2, -0.15) is 0 Å². The fraction of sp³-hybridized carbons (Fsp3) is 0.450. The molecule has 0 saturated carbocycles. The van der Waals surface area contributed by atoms with Crippen LogP contribution in [0.2, 0.25) is 0 Å². The number of benzene rings is 1. The number of hydrogen-bond acceptors (Lipinski definition) is 4. The smallest absolute Gasteiger partial charge is 0.193 e. The highest BCUT2D eigenvalue weighted by Crippen LogP contribution is 2.33. The van der Waals surface area contributed by atoms with Crippen LogP contribution in [0.15, 0.2) is 40.7 Å². The molecule has 0 fully saturated rings. The lowest BCUT2D eigenvalue weighted by Gasteiger charge is -2.22. The lowest BCUT2D eigenvalue weighted by molar-refractivity contribution is 0.296. The van der Waals surface area contributed by atoms with Gasteiger partial charge in [0.05, 0.1) is 19.8 Å². The van der Waals surface area contributed by atoms with Crippen LogP contribution in [-0.4, -0.2) is 44.2 Å². The molecule has 0 amide bonds. The Labute approximate surface area is 182 Å². The number of guanidine groups is 1. The van der Waals surface area contributed by atoms with Crippen LogP contribution < -0.4 is 14.8 Å². The summed E-state index contributed by atoms with van der Waals surface area (Å²) in [5, 5.41) is 5.51. The van der Waals surface area contributed by atoms with E-state index in [9.17, 15) is 0 Å². The van der Waals surface area contributed by atoms with Crippen LogP contribution in [0.5, 0.6) is 11.5 Å². The van der Waals surface area contributed by atoms with Crippen LogP contribution in [0.1, 0.15) is 23.8 Å². The Morgan fingerprint density at radius 1 is 1.22 bits per heavy atom. The lowest BCUT2D eigenvalue weighted by atomic mass is 10.2. The molecule has 1 aliphatic heterocycles. The number of nitrogens with zero attached hydrogens (tertiary/aromatic N) is 2. The summed E-state index contributed by atoms with van der Waals surface area (Å²) in [6.07, 6.45) is 1.93. The highest BCUT2D eigenvalue weighted by atomic mass is 127. The van der Waals surface area contributed by atoms with Gasteiger partial charge in [-0.3, -0.25) is 0 Å². The molecule has 0 saturated heterocycles. The van der Waals surface area contributed by atoms with E-state index in [1.54, 1.807) is 11.3 Å². The van der Waals surface area contributed by atoms with Crippen molar-refractivity contribution in [2.75, 3.05) is 33.4 Å². The monoisotopic (exact) mass is 501 g/mol. The van der Waals surface area contributed by atoms with Gasteiger partial charge < -0.3 is 19.7 Å². The first-order chi connectivity index (χ1) is 12.8. The Kier molecular flexibility index (Phi) is 9.20. The summed E-state index contributed by atoms with van der Waals surface area (Å²) in [7, 11) is 2.08. The van der Waals surface area contributed by atoms with Crippen molar-refractivity contribution >= 4 is 41.3 Å². The lowest BCUT2D eigenvalue weighted by Crippen LogP contribution is -2.39. The highest BCUT2D eigenvalue weighted by Gasteiger charge is 2.14. The van der Waals surface area contributed by atoms with E-state index in [2.05, 4.69) is 47.8 Å². The SMILES string of the molecule is CCNC(=NCc1cccc2c1OCCCO2)N(C)CCc1cccs1.I. The van der Waals surface area contributed by atoms with E-state index in [0.29, 0.717) is 19.8 Å². The molecule has 1 aromatic carbocycles. The van der Waals surface area contributed by atoms with E-state index >= 15 is 0 Å². The standard InChI is InChI=1S/C20H27N3O2S.HI/c1-3-21-20(23(2)11-10-17-8-5-14-26-17)22-15-16-7-4-9-18-19(16)25-13-6-12-24-18;/h4-5,7-9,14H,3,6,10-13,15H2,1-2H3,(H,21,22);1H. The number of ether oxygens (including phenoxy) is 2. The average Bonchev–Trinajstić information content (AvgIpc) is 3.06. The molecule has 0 radical (unpaired) electrons. The van der Waals surface area contributed by atoms with Gasteiger partial charge in [-0.1, -0.05) is 18.2 Å². The third kappa shape index (κ3) is 6.27. The summed E-state index contributed by atoms with van der Waals surface area (Å²) < 4.78 is 11.7. The number of rotatable bonds is 6. The molecule has 1 aromatic heterocycles. The maximum atomic E-state index is 5.90. The third-order valence-corrected chi connectivity index (χ3v) is 5.16. The van der Waals surface area contributed by atoms with Crippen LogP contribution in [0, 0.1) is 0 Å². The first kappa shape index (κ1) is 21.8. The van der Waals surface area contributed by atoms with Crippen LogP contribution in [0.4, 0.5) is 0 Å². The molecule has 27 heavy (non-hydrogen) atoms. The molecule has 148 valence electrons. The second-order valence-electron chi connectivity index (χ2n) is 6.22. The number of aliphatic imine (C=N–C) groups is 1. The molecule has 2 heterocycles. The van der Waals surface area contributed by atoms with Crippen molar-refractivity contribution in [3.63, 3.8) is 0 Å². The zero-order valence-electron chi connectivity index (χ0n) is 15.9. The van der Waals surface area contributed by atoms with Gasteiger partial charge in [-0.25, -0.2) is 4.99 Å². The fourth-order valence-electron chi connectivity index (χ4n) is 2.85. The number of nitrogens with one attached hydrogen (secondary N) is 1. The summed E-state index contributed by atoms with van der Waals surface area (Å²) in [6, 6.07) is 10.3. The Morgan fingerprint density at radius 2 is 2.07 bits per heavy atom. The first-order valence-corrected chi connectivity index (χ1v) is 10.0. The second kappa shape index (κ2) is 11.4. The molecular formula is C20H28IN3O2S. The Hall–Kier alpha value is -1.48. The maximum absolute atomic E-state index is 5.90. The summed E-state index contributed by atoms with van der Waals surface area (Å²) >= 11 is 1.80. The van der Waals surface area contributed by atoms with Crippen LogP contribution in [-0.2, 0) is 13.0 Å². The van der Waals surface area contributed by atoms with E-state index < -0.39 is 0 Å². The van der Waals surface area contributed by atoms with Crippen molar-refractivity contribution in [2.24, 2.45) is 4.99 Å². The molecule has 0 atom stereocenters. The van der Waals surface area contributed by atoms with Gasteiger partial charge in [0.1, 0.15) is 0 Å². The van der Waals surface area contributed by atoms with Crippen LogP contribution in [0.25, 0.3) is 0 Å². The van der Waals surface area contributed by atoms with Gasteiger partial charge >= 0.3 is 0 Å². The molecule has 0 bridgehead atoms. The molecule has 0 spiro atoms. The quantitative estimate of drug-likeness (QED) is 0.367. The van der Waals surface area contributed by atoms with E-state index in [1.807, 2.05) is 12.1 Å². The Morgan fingerprint density at radius 3 is 2.85 bits per heavy atom. The normalized spacial score (nSPS) is 13.5. The minimum Gasteiger partial charge on any atom is -0.490 e. The van der Waals surface area contributed by atoms with Gasteiger partial charge in [0, 0.05) is 37.0 Å². The predicted octanol–water partition coefficient (Wildman–Crippen LogP) is 4.17. The Balaban J connectivity index is 0.00000261. The zero-order chi connectivity index (χ0) is 18.2. The molecule has 5 nitrogen and oxygen atoms in total. The van der Waals surface area contributed by atoms with Gasteiger partial charge in [0.25, 0.3) is 0 Å². The van der Waals surface area contributed by atoms with Crippen molar-refractivity contribution in [1.82, 2.24) is 10.2 Å². The number of fused-ring (bicyclic) bond motifs is 1. The van der Waals surface area contributed by atoms with E-state index in [0.717, 1.165) is 49.0 Å². The summed E-state index contributed by atoms with van der Waals surface area (Å²) in [6.45, 7) is 5.82. The second-order valence-corrected chi connectivity index (χ2v) is 7.25. The summed E-state index contributed by atoms with van der Waals surface area (Å²) in [4.78, 5) is 8.40. The molecule has 0 unspecified atom stereocenters. The number of likely N-dealkylation sites (N-methyl/N-ethyl adjacent to an activating group) is 1. The predicted molar refractivity (Wildman–Crippen MR) is 123 cm³/mol. The van der Waals surface area contributed by atoms with Crippen molar-refractivity contribution in [3.8, 4) is 11.5 Å². The molecule has 7 heteroatoms. The zero-order valence-corrected chi connectivity index (χ0v) is 19.1. The minimum absolute atomic E-state index is 0. The highest BCUT2D eigenvalue weighted by molar-refractivity contribution is 14.0. The molecule has 1 aliphatic rings. The van der Waals surface area contributed by atoms with Gasteiger partial charge in [-0.05, 0) is 30.9 Å². The van der Waals surface area contributed by atoms with Gasteiger partial charge in [0.2, 0.25) is 0 Å². The molecule has 2 aromatic rings. The molecular weight excluding hydrogens is 473 g/mol. The third-order valence-electron chi connectivity index (χ3n) is 4.22. The number of thiophene rings is 1. The topological polar surface area (TPSA) is 46.1 Å². The molecule has 0 aliphatic carbocycles. The van der Waals surface area contributed by atoms with Gasteiger partial charge in [0.15, 0.2) is 17.5 Å². The Bertz CT molecular complexity index is 722. The summed E-state index contributed by atoms with van der Waals surface area (Å²) in [5.41, 5.74) is 1.06. The minimum atomic E-state index is 0. The van der Waals surface area contributed by atoms with Crippen molar-refractivity contribution in [1.29, 1.82) is 0 Å². The van der Waals surface area contributed by atoms with Crippen molar-refractivity contribution in [3.05, 3.63) is 46.2 Å². The largest absolute Gasteiger partial charge is 0.490 e.